The van der Waals surface area contributed by atoms with Gasteiger partial charge in [0, 0.05) is 12.6 Å². The van der Waals surface area contributed by atoms with E-state index in [1.165, 1.54) is 6.20 Å². The second-order valence-corrected chi connectivity index (χ2v) is 5.15. The van der Waals surface area contributed by atoms with Crippen LogP contribution in [0.25, 0.3) is 0 Å². The lowest BCUT2D eigenvalue weighted by Crippen LogP contribution is -2.13. The zero-order valence-electron chi connectivity index (χ0n) is 11.2. The Bertz CT molecular complexity index is 656. The number of pyridine rings is 1. The topological polar surface area (TPSA) is 98.8 Å². The van der Waals surface area contributed by atoms with Crippen molar-refractivity contribution in [2.75, 3.05) is 5.32 Å². The molecule has 2 aromatic heterocycles. The van der Waals surface area contributed by atoms with Crippen LogP contribution in [0.15, 0.2) is 17.0 Å². The predicted octanol–water partition coefficient (Wildman–Crippen LogP) is 2.36. The number of anilines is 1. The minimum atomic E-state index is -0.455. The van der Waals surface area contributed by atoms with E-state index >= 15 is 0 Å². The molecule has 1 N–H and O–H groups in total. The summed E-state index contributed by atoms with van der Waals surface area (Å²) in [5.74, 6) is 1.28. The number of rotatable bonds is 4. The van der Waals surface area contributed by atoms with Gasteiger partial charge in [0.1, 0.15) is 18.3 Å². The van der Waals surface area contributed by atoms with Crippen molar-refractivity contribution in [1.82, 2.24) is 19.7 Å². The zero-order chi connectivity index (χ0) is 14.9. The fourth-order valence-electron chi connectivity index (χ4n) is 1.81. The molecule has 0 bridgehead atoms. The lowest BCUT2D eigenvalue weighted by molar-refractivity contribution is -0.385. The van der Waals surface area contributed by atoms with Crippen molar-refractivity contribution in [2.45, 2.75) is 19.9 Å². The molecule has 0 aliphatic rings. The SMILES string of the molecule is Cc1c([N+](=O)[O-])cnc(NC(C)c2nncn2C)c1Br. The van der Waals surface area contributed by atoms with E-state index in [2.05, 4.69) is 36.4 Å². The highest BCUT2D eigenvalue weighted by molar-refractivity contribution is 9.10. The maximum atomic E-state index is 10.8. The van der Waals surface area contributed by atoms with Crippen LogP contribution in [0, 0.1) is 17.0 Å². The number of halogens is 1. The Morgan fingerprint density at radius 2 is 2.25 bits per heavy atom. The molecule has 9 heteroatoms. The molecule has 106 valence electrons. The van der Waals surface area contributed by atoms with E-state index < -0.39 is 4.92 Å². The molecule has 8 nitrogen and oxygen atoms in total. The summed E-state index contributed by atoms with van der Waals surface area (Å²) >= 11 is 3.34. The minimum absolute atomic E-state index is 0.0197. The summed E-state index contributed by atoms with van der Waals surface area (Å²) in [5.41, 5.74) is 0.506. The van der Waals surface area contributed by atoms with Gasteiger partial charge in [0.05, 0.1) is 15.4 Å². The summed E-state index contributed by atoms with van der Waals surface area (Å²) in [6.45, 7) is 3.58. The molecule has 0 amide bonds. The van der Waals surface area contributed by atoms with Gasteiger partial charge in [-0.2, -0.15) is 0 Å². The summed E-state index contributed by atoms with van der Waals surface area (Å²) < 4.78 is 2.37. The number of hydrogen-bond acceptors (Lipinski definition) is 6. The van der Waals surface area contributed by atoms with Gasteiger partial charge in [0.2, 0.25) is 0 Å². The molecule has 20 heavy (non-hydrogen) atoms. The molecule has 0 spiro atoms. The molecule has 1 unspecified atom stereocenters. The summed E-state index contributed by atoms with van der Waals surface area (Å²) in [7, 11) is 1.84. The van der Waals surface area contributed by atoms with E-state index in [9.17, 15) is 10.1 Å². The standard InChI is InChI=1S/C11H13BrN6O2/c1-6-8(18(19)20)4-13-10(9(6)12)15-7(2)11-16-14-5-17(11)3/h4-5,7H,1-3H3,(H,13,15). The monoisotopic (exact) mass is 340 g/mol. The van der Waals surface area contributed by atoms with E-state index in [0.29, 0.717) is 15.9 Å². The van der Waals surface area contributed by atoms with Crippen molar-refractivity contribution in [3.05, 3.63) is 38.5 Å². The second kappa shape index (κ2) is 5.53. The van der Waals surface area contributed by atoms with Crippen LogP contribution in [0.1, 0.15) is 24.4 Å². The van der Waals surface area contributed by atoms with Crippen molar-refractivity contribution < 1.29 is 4.92 Å². The molecule has 2 heterocycles. The number of nitrogens with one attached hydrogen (secondary N) is 1. The van der Waals surface area contributed by atoms with Gasteiger partial charge in [-0.25, -0.2) is 4.98 Å². The van der Waals surface area contributed by atoms with Crippen LogP contribution in [0.5, 0.6) is 0 Å². The third-order valence-corrected chi connectivity index (χ3v) is 3.89. The third-order valence-electron chi connectivity index (χ3n) is 2.92. The molecule has 2 rings (SSSR count). The highest BCUT2D eigenvalue weighted by Gasteiger charge is 2.19. The Morgan fingerprint density at radius 3 is 2.80 bits per heavy atom. The first-order valence-corrected chi connectivity index (χ1v) is 6.61. The molecule has 0 saturated carbocycles. The van der Waals surface area contributed by atoms with E-state index in [0.717, 1.165) is 5.82 Å². The smallest absolute Gasteiger partial charge is 0.291 e. The first-order valence-electron chi connectivity index (χ1n) is 5.81. The quantitative estimate of drug-likeness (QED) is 0.677. The van der Waals surface area contributed by atoms with Crippen LogP contribution in [0.4, 0.5) is 11.5 Å². The third kappa shape index (κ3) is 2.62. The summed E-state index contributed by atoms with van der Waals surface area (Å²) in [5, 5.41) is 21.8. The van der Waals surface area contributed by atoms with E-state index in [4.69, 9.17) is 0 Å². The molecule has 0 aliphatic carbocycles. The van der Waals surface area contributed by atoms with Gasteiger partial charge in [-0.3, -0.25) is 10.1 Å². The lowest BCUT2D eigenvalue weighted by Gasteiger charge is -2.15. The van der Waals surface area contributed by atoms with Crippen molar-refractivity contribution >= 4 is 27.4 Å². The Balaban J connectivity index is 2.29. The first-order chi connectivity index (χ1) is 9.41. The number of nitro groups is 1. The highest BCUT2D eigenvalue weighted by atomic mass is 79.9. The van der Waals surface area contributed by atoms with Gasteiger partial charge in [-0.15, -0.1) is 10.2 Å². The van der Waals surface area contributed by atoms with Gasteiger partial charge in [-0.1, -0.05) is 0 Å². The van der Waals surface area contributed by atoms with Crippen LogP contribution < -0.4 is 5.32 Å². The molecule has 0 saturated heterocycles. The van der Waals surface area contributed by atoms with Gasteiger partial charge in [0.25, 0.3) is 5.69 Å². The molecule has 0 aromatic carbocycles. The molecule has 2 aromatic rings. The summed E-state index contributed by atoms with van der Waals surface area (Å²) in [4.78, 5) is 14.5. The normalized spacial score (nSPS) is 12.2. The molecule has 0 radical (unpaired) electrons. The van der Waals surface area contributed by atoms with E-state index in [1.54, 1.807) is 17.8 Å². The Kier molecular flexibility index (Phi) is 3.98. The largest absolute Gasteiger partial charge is 0.359 e. The van der Waals surface area contributed by atoms with Gasteiger partial charge in [-0.05, 0) is 29.8 Å². The van der Waals surface area contributed by atoms with Crippen LogP contribution in [-0.4, -0.2) is 24.7 Å². The average molecular weight is 341 g/mol. The maximum absolute atomic E-state index is 10.8. The zero-order valence-corrected chi connectivity index (χ0v) is 12.7. The van der Waals surface area contributed by atoms with E-state index in [-0.39, 0.29) is 11.7 Å². The number of aromatic nitrogens is 4. The summed E-state index contributed by atoms with van der Waals surface area (Å²) in [6, 6.07) is -0.132. The fraction of sp³-hybridized carbons (Fsp3) is 0.364. The van der Waals surface area contributed by atoms with Crippen LogP contribution in [0.2, 0.25) is 0 Å². The number of nitrogens with zero attached hydrogens (tertiary/aromatic N) is 5. The average Bonchev–Trinajstić information content (AvgIpc) is 2.81. The van der Waals surface area contributed by atoms with Crippen molar-refractivity contribution in [2.24, 2.45) is 7.05 Å². The lowest BCUT2D eigenvalue weighted by atomic mass is 10.2. The molecular weight excluding hydrogens is 328 g/mol. The Morgan fingerprint density at radius 1 is 1.55 bits per heavy atom. The molecular formula is C11H13BrN6O2. The van der Waals surface area contributed by atoms with Crippen LogP contribution >= 0.6 is 15.9 Å². The second-order valence-electron chi connectivity index (χ2n) is 4.35. The first kappa shape index (κ1) is 14.4. The number of aryl methyl sites for hydroxylation is 1. The predicted molar refractivity (Wildman–Crippen MR) is 76.4 cm³/mol. The Labute approximate surface area is 123 Å². The van der Waals surface area contributed by atoms with Crippen LogP contribution in [-0.2, 0) is 7.05 Å². The number of hydrogen-bond donors (Lipinski definition) is 1. The maximum Gasteiger partial charge on any atom is 0.291 e. The van der Waals surface area contributed by atoms with Crippen molar-refractivity contribution in [1.29, 1.82) is 0 Å². The molecule has 1 atom stereocenters. The van der Waals surface area contributed by atoms with Crippen LogP contribution in [0.3, 0.4) is 0 Å². The van der Waals surface area contributed by atoms with E-state index in [1.807, 2.05) is 14.0 Å². The van der Waals surface area contributed by atoms with Gasteiger partial charge >= 0.3 is 0 Å². The summed E-state index contributed by atoms with van der Waals surface area (Å²) in [6.07, 6.45) is 2.85. The minimum Gasteiger partial charge on any atom is -0.359 e. The van der Waals surface area contributed by atoms with Gasteiger partial charge in [0.15, 0.2) is 5.82 Å². The van der Waals surface area contributed by atoms with Gasteiger partial charge < -0.3 is 9.88 Å². The molecule has 0 aliphatic heterocycles. The van der Waals surface area contributed by atoms with Crippen molar-refractivity contribution in [3.8, 4) is 0 Å². The highest BCUT2D eigenvalue weighted by Crippen LogP contribution is 2.32. The fourth-order valence-corrected chi connectivity index (χ4v) is 2.23. The van der Waals surface area contributed by atoms with Crippen molar-refractivity contribution in [3.63, 3.8) is 0 Å². The Hall–Kier alpha value is -2.03. The molecule has 0 fully saturated rings.